The average molecular weight is 685 g/mol. The van der Waals surface area contributed by atoms with Gasteiger partial charge in [0.15, 0.2) is 6.61 Å². The van der Waals surface area contributed by atoms with E-state index in [2.05, 4.69) is 10.6 Å². The number of hydrogen-bond donors (Lipinski definition) is 4. The molecule has 3 atom stereocenters. The Hall–Kier alpha value is -5.02. The molecule has 3 aromatic carbocycles. The van der Waals surface area contributed by atoms with E-state index in [0.717, 1.165) is 10.5 Å². The summed E-state index contributed by atoms with van der Waals surface area (Å²) in [4.78, 5) is 63.0. The van der Waals surface area contributed by atoms with Gasteiger partial charge >= 0.3 is 5.97 Å². The van der Waals surface area contributed by atoms with Gasteiger partial charge in [-0.1, -0.05) is 24.3 Å². The number of carbonyl (C=O) groups excluding carboxylic acids is 4. The monoisotopic (exact) mass is 684 g/mol. The third-order valence-electron chi connectivity index (χ3n) is 7.37. The summed E-state index contributed by atoms with van der Waals surface area (Å²) >= 11 is 1.25. The van der Waals surface area contributed by atoms with Crippen molar-refractivity contribution in [3.63, 3.8) is 0 Å². The van der Waals surface area contributed by atoms with E-state index in [0.29, 0.717) is 17.0 Å². The van der Waals surface area contributed by atoms with Gasteiger partial charge in [-0.15, -0.1) is 11.8 Å². The summed E-state index contributed by atoms with van der Waals surface area (Å²) in [5.74, 6) is -3.61. The minimum Gasteiger partial charge on any atom is -0.484 e. The van der Waals surface area contributed by atoms with Gasteiger partial charge in [-0.3, -0.25) is 24.0 Å². The first kappa shape index (κ1) is 35.8. The highest BCUT2D eigenvalue weighted by Crippen LogP contribution is 2.46. The normalized spacial score (nSPS) is 16.0. The lowest BCUT2D eigenvalue weighted by molar-refractivity contribution is -0.144. The second-order valence-corrected chi connectivity index (χ2v) is 11.8. The van der Waals surface area contributed by atoms with Crippen molar-refractivity contribution in [2.45, 2.75) is 24.3 Å². The molecule has 3 aromatic rings. The number of carboxylic acid groups (broad SMARTS) is 1. The van der Waals surface area contributed by atoms with E-state index in [9.17, 15) is 37.9 Å². The number of anilines is 1. The van der Waals surface area contributed by atoms with E-state index >= 15 is 0 Å². The van der Waals surface area contributed by atoms with Crippen LogP contribution in [0.5, 0.6) is 5.75 Å². The Kier molecular flexibility index (Phi) is 12.5. The molecule has 4 amide bonds. The molecule has 1 heterocycles. The van der Waals surface area contributed by atoms with Gasteiger partial charge in [0.25, 0.3) is 5.91 Å². The number of benzene rings is 3. The van der Waals surface area contributed by atoms with Gasteiger partial charge in [0.05, 0.1) is 25.2 Å². The number of nitrogens with zero attached hydrogens (tertiary/aromatic N) is 2. The minimum absolute atomic E-state index is 0.157. The van der Waals surface area contributed by atoms with Crippen LogP contribution in [0.4, 0.5) is 14.5 Å². The molecule has 0 aromatic heterocycles. The number of aliphatic hydroxyl groups is 1. The number of carboxylic acids is 1. The molecule has 0 spiro atoms. The van der Waals surface area contributed by atoms with Gasteiger partial charge in [-0.25, -0.2) is 8.78 Å². The number of aliphatic hydroxyl groups excluding tert-OH is 1. The van der Waals surface area contributed by atoms with Gasteiger partial charge in [-0.05, 0) is 66.6 Å². The van der Waals surface area contributed by atoms with Crippen molar-refractivity contribution in [2.24, 2.45) is 0 Å². The fourth-order valence-electron chi connectivity index (χ4n) is 4.84. The van der Waals surface area contributed by atoms with E-state index in [4.69, 9.17) is 9.84 Å². The second-order valence-electron chi connectivity index (χ2n) is 10.7. The maximum absolute atomic E-state index is 13.6. The summed E-state index contributed by atoms with van der Waals surface area (Å²) in [5.41, 5.74) is 1.73. The van der Waals surface area contributed by atoms with Gasteiger partial charge < -0.3 is 35.4 Å². The zero-order chi connectivity index (χ0) is 34.8. The zero-order valence-corrected chi connectivity index (χ0v) is 26.6. The second kappa shape index (κ2) is 16.7. The molecule has 0 radical (unpaired) electrons. The molecule has 0 bridgehead atoms. The van der Waals surface area contributed by atoms with Crippen molar-refractivity contribution < 1.29 is 47.7 Å². The Balaban J connectivity index is 1.31. The third-order valence-corrected chi connectivity index (χ3v) is 8.70. The number of halogens is 2. The fraction of sp³-hybridized carbons (Fsp3) is 0.303. The number of β-lactam (4-membered cyclic amide) rings is 1. The summed E-state index contributed by atoms with van der Waals surface area (Å²) in [5, 5.41) is 23.6. The van der Waals surface area contributed by atoms with Gasteiger partial charge in [0, 0.05) is 18.0 Å². The first-order valence-electron chi connectivity index (χ1n) is 14.9. The molecular formula is C33H34F2N4O8S. The Morgan fingerprint density at radius 3 is 2.12 bits per heavy atom. The number of nitrogens with one attached hydrogen (secondary N) is 2. The lowest BCUT2D eigenvalue weighted by Gasteiger charge is -2.47. The Morgan fingerprint density at radius 2 is 1.52 bits per heavy atom. The minimum atomic E-state index is -1.18. The lowest BCUT2D eigenvalue weighted by atomic mass is 9.92. The molecule has 1 aliphatic rings. The number of carbonyl (C=O) groups is 5. The van der Waals surface area contributed by atoms with Crippen LogP contribution >= 0.6 is 11.8 Å². The molecular weight excluding hydrogens is 650 g/mol. The maximum atomic E-state index is 13.6. The first-order chi connectivity index (χ1) is 23.0. The highest BCUT2D eigenvalue weighted by atomic mass is 32.2. The van der Waals surface area contributed by atoms with Crippen molar-refractivity contribution in [1.82, 2.24) is 15.5 Å². The fourth-order valence-corrected chi connectivity index (χ4v) is 6.14. The average Bonchev–Trinajstić information content (AvgIpc) is 3.07. The molecule has 1 fully saturated rings. The van der Waals surface area contributed by atoms with Crippen LogP contribution in [0.3, 0.4) is 0 Å². The number of amides is 4. The first-order valence-corrected chi connectivity index (χ1v) is 15.9. The number of rotatable bonds is 16. The SMILES string of the molecule is CCN(CC(=O)O)C(=O)CNC(=O)CNC(=O)COc1ccc([C@@H]2[C@@H](SCC(O)c3ccc(F)cc3)C(=O)N2c2ccc(F)cc2)cc1. The summed E-state index contributed by atoms with van der Waals surface area (Å²) in [7, 11) is 0. The van der Waals surface area contributed by atoms with E-state index in [1.165, 1.54) is 65.2 Å². The van der Waals surface area contributed by atoms with Gasteiger partial charge in [-0.2, -0.15) is 0 Å². The van der Waals surface area contributed by atoms with Crippen LogP contribution in [-0.4, -0.2) is 88.5 Å². The van der Waals surface area contributed by atoms with Crippen LogP contribution in [0, 0.1) is 11.6 Å². The largest absolute Gasteiger partial charge is 0.484 e. The lowest BCUT2D eigenvalue weighted by Crippen LogP contribution is -2.57. The van der Waals surface area contributed by atoms with Crippen molar-refractivity contribution >= 4 is 47.0 Å². The molecule has 254 valence electrons. The van der Waals surface area contributed by atoms with Crippen LogP contribution in [0.2, 0.25) is 0 Å². The number of aliphatic carboxylic acids is 1. The third kappa shape index (κ3) is 9.51. The Morgan fingerprint density at radius 1 is 0.917 bits per heavy atom. The Bertz CT molecular complexity index is 1610. The summed E-state index contributed by atoms with van der Waals surface area (Å²) in [6, 6.07) is 17.2. The molecule has 0 saturated carbocycles. The molecule has 1 saturated heterocycles. The number of thioether (sulfide) groups is 1. The number of ether oxygens (including phenoxy) is 1. The van der Waals surface area contributed by atoms with Crippen molar-refractivity contribution in [3.05, 3.63) is 95.6 Å². The predicted octanol–water partition coefficient (Wildman–Crippen LogP) is 2.43. The Labute approximate surface area is 279 Å². The van der Waals surface area contributed by atoms with Crippen molar-refractivity contribution in [2.75, 3.05) is 43.4 Å². The number of hydrogen-bond acceptors (Lipinski definition) is 8. The van der Waals surface area contributed by atoms with Crippen LogP contribution in [-0.2, 0) is 24.0 Å². The molecule has 1 aliphatic heterocycles. The molecule has 12 nitrogen and oxygen atoms in total. The smallest absolute Gasteiger partial charge is 0.323 e. The van der Waals surface area contributed by atoms with Crippen LogP contribution in [0.25, 0.3) is 0 Å². The highest BCUT2D eigenvalue weighted by molar-refractivity contribution is 8.00. The van der Waals surface area contributed by atoms with Gasteiger partial charge in [0.1, 0.15) is 29.2 Å². The van der Waals surface area contributed by atoms with E-state index in [-0.39, 0.29) is 18.2 Å². The highest BCUT2D eigenvalue weighted by Gasteiger charge is 2.49. The van der Waals surface area contributed by atoms with Crippen LogP contribution in [0.1, 0.15) is 30.2 Å². The predicted molar refractivity (Wildman–Crippen MR) is 172 cm³/mol. The van der Waals surface area contributed by atoms with Crippen LogP contribution in [0.15, 0.2) is 72.8 Å². The topological polar surface area (TPSA) is 166 Å². The zero-order valence-electron chi connectivity index (χ0n) is 25.8. The molecule has 15 heteroatoms. The molecule has 48 heavy (non-hydrogen) atoms. The van der Waals surface area contributed by atoms with E-state index in [1.807, 2.05) is 0 Å². The summed E-state index contributed by atoms with van der Waals surface area (Å²) in [6.07, 6.45) is -0.936. The molecule has 1 unspecified atom stereocenters. The van der Waals surface area contributed by atoms with Crippen molar-refractivity contribution in [1.29, 1.82) is 0 Å². The van der Waals surface area contributed by atoms with E-state index < -0.39 is 79.0 Å². The van der Waals surface area contributed by atoms with E-state index in [1.54, 1.807) is 31.2 Å². The standard InChI is InChI=1S/C33H34F2N4O8S/c1-2-38(17-30(44)45)29(43)16-37-27(41)15-36-28(42)18-47-25-13-5-21(6-14-25)31-32(33(46)39(31)24-11-9-23(35)10-12-24)48-19-26(40)20-3-7-22(34)8-4-20/h3-14,26,31-32,40H,2,15-19H2,1H3,(H,36,42)(H,37,41)(H,44,45)/t26?,31-,32-/m1/s1. The quantitative estimate of drug-likeness (QED) is 0.166. The van der Waals surface area contributed by atoms with Crippen molar-refractivity contribution in [3.8, 4) is 5.75 Å². The summed E-state index contributed by atoms with van der Waals surface area (Å²) < 4.78 is 32.4. The molecule has 0 aliphatic carbocycles. The van der Waals surface area contributed by atoms with Gasteiger partial charge in [0.2, 0.25) is 17.7 Å². The summed E-state index contributed by atoms with van der Waals surface area (Å²) in [6.45, 7) is 0.00548. The molecule has 4 rings (SSSR count). The van der Waals surface area contributed by atoms with Crippen LogP contribution < -0.4 is 20.3 Å². The molecule has 4 N–H and O–H groups in total. The number of likely N-dealkylation sites (N-methyl/N-ethyl adjacent to an activating group) is 1. The maximum Gasteiger partial charge on any atom is 0.323 e.